The number of allylic oxidation sites excluding steroid dienone is 3. The van der Waals surface area contributed by atoms with Gasteiger partial charge in [0.1, 0.15) is 16.9 Å². The van der Waals surface area contributed by atoms with E-state index in [1.54, 1.807) is 40.7 Å². The second kappa shape index (κ2) is 14.5. The Labute approximate surface area is 268 Å². The number of aromatic hydroxyl groups is 2. The molecule has 0 aromatic heterocycles. The van der Waals surface area contributed by atoms with Crippen LogP contribution in [0.4, 0.5) is 0 Å². The van der Waals surface area contributed by atoms with Crippen molar-refractivity contribution in [2.75, 3.05) is 0 Å². The van der Waals surface area contributed by atoms with E-state index in [-0.39, 0.29) is 27.3 Å². The van der Waals surface area contributed by atoms with Crippen LogP contribution in [0.25, 0.3) is 5.57 Å². The third kappa shape index (κ3) is 7.08. The predicted molar refractivity (Wildman–Crippen MR) is 170 cm³/mol. The van der Waals surface area contributed by atoms with Crippen molar-refractivity contribution in [1.29, 1.82) is 0 Å². The molecule has 46 heavy (non-hydrogen) atoms. The molecule has 1 aromatic rings. The maximum Gasteiger partial charge on any atom is 0.273 e. The van der Waals surface area contributed by atoms with Crippen molar-refractivity contribution in [3.63, 3.8) is 0 Å². The number of carbonyl (C=O) groups excluding carboxylic acids is 3. The van der Waals surface area contributed by atoms with Crippen LogP contribution in [0.15, 0.2) is 46.5 Å². The fourth-order valence-electron chi connectivity index (χ4n) is 6.31. The minimum Gasteiger partial charge on any atom is -0.507 e. The summed E-state index contributed by atoms with van der Waals surface area (Å²) in [6.07, 6.45) is -0.146. The molecule has 11 heteroatoms. The summed E-state index contributed by atoms with van der Waals surface area (Å²) in [6.45, 7) is 12.5. The largest absolute Gasteiger partial charge is 0.507 e. The van der Waals surface area contributed by atoms with Crippen LogP contribution in [0.5, 0.6) is 11.5 Å². The molecular formula is C35H47NO10. The average Bonchev–Trinajstić information content (AvgIpc) is 3.02. The van der Waals surface area contributed by atoms with Gasteiger partial charge in [0, 0.05) is 52.0 Å². The first-order valence-electron chi connectivity index (χ1n) is 15.6. The summed E-state index contributed by atoms with van der Waals surface area (Å²) in [5.74, 6) is -8.29. The molecule has 2 heterocycles. The molecule has 1 amide bonds. The molecule has 4 bridgehead atoms. The van der Waals surface area contributed by atoms with Crippen molar-refractivity contribution >= 4 is 23.0 Å². The number of aliphatic hydroxyl groups excluding tert-OH is 5. The summed E-state index contributed by atoms with van der Waals surface area (Å²) in [4.78, 5) is 44.0. The van der Waals surface area contributed by atoms with E-state index in [4.69, 9.17) is 0 Å². The van der Waals surface area contributed by atoms with Gasteiger partial charge in [-0.25, -0.2) is 4.99 Å². The van der Waals surface area contributed by atoms with Crippen LogP contribution >= 0.6 is 0 Å². The third-order valence-electron chi connectivity index (χ3n) is 9.70. The highest BCUT2D eigenvalue weighted by molar-refractivity contribution is 6.46. The standard InChI is InChI=1S/C35H47NO10/c1-14-10-9-11-15(2)35(46)36-22-13-23(37)24-25(32(43)21(8)33(44)26(24)34(22)45)29(40)17(4)12-16(3)28(39)19(6)31(42)20(7)30(41)18(5)27(14)38/h9-14,16,18-21,27-28,30-31,33,37-39,41-42,44-45H,1-8H3/b10-9+,15-11-,17-12-,36-22?/t14-,16-,18+,19+,20+,21?,27-,28-,30+,31+,33?/m0/s1. The Morgan fingerprint density at radius 3 is 1.80 bits per heavy atom. The van der Waals surface area contributed by atoms with Gasteiger partial charge in [-0.1, -0.05) is 65.8 Å². The average molecular weight is 642 g/mol. The molecule has 0 spiro atoms. The van der Waals surface area contributed by atoms with E-state index in [9.17, 15) is 50.1 Å². The maximum atomic E-state index is 13.8. The first-order chi connectivity index (χ1) is 21.3. The van der Waals surface area contributed by atoms with E-state index in [1.807, 2.05) is 0 Å². The van der Waals surface area contributed by atoms with Gasteiger partial charge in [0.05, 0.1) is 42.0 Å². The van der Waals surface area contributed by atoms with Crippen molar-refractivity contribution in [2.45, 2.75) is 85.9 Å². The van der Waals surface area contributed by atoms with E-state index in [2.05, 4.69) is 4.99 Å². The van der Waals surface area contributed by atoms with Gasteiger partial charge in [0.15, 0.2) is 11.6 Å². The summed E-state index contributed by atoms with van der Waals surface area (Å²) < 4.78 is 0. The summed E-state index contributed by atoms with van der Waals surface area (Å²) in [6, 6.07) is 0.939. The van der Waals surface area contributed by atoms with Crippen molar-refractivity contribution in [3.8, 4) is 11.5 Å². The Morgan fingerprint density at radius 2 is 1.24 bits per heavy atom. The highest BCUT2D eigenvalue weighted by Gasteiger charge is 2.40. The molecule has 11 nitrogen and oxygen atoms in total. The van der Waals surface area contributed by atoms with Gasteiger partial charge < -0.3 is 35.7 Å². The number of hydrogen-bond donors (Lipinski definition) is 7. The Morgan fingerprint density at radius 1 is 0.717 bits per heavy atom. The molecule has 1 aromatic carbocycles. The van der Waals surface area contributed by atoms with Gasteiger partial charge in [-0.3, -0.25) is 14.4 Å². The van der Waals surface area contributed by atoms with Crippen LogP contribution in [-0.2, 0) is 14.4 Å². The fourth-order valence-corrected chi connectivity index (χ4v) is 6.31. The zero-order valence-corrected chi connectivity index (χ0v) is 27.5. The summed E-state index contributed by atoms with van der Waals surface area (Å²) in [7, 11) is 0. The van der Waals surface area contributed by atoms with Gasteiger partial charge in [-0.05, 0) is 19.4 Å². The first-order valence-corrected chi connectivity index (χ1v) is 15.6. The first kappa shape index (κ1) is 37.0. The third-order valence-corrected chi connectivity index (χ3v) is 9.70. The number of fused-ring (bicyclic) bond motifs is 15. The second-order valence-corrected chi connectivity index (χ2v) is 13.1. The Balaban J connectivity index is 2.30. The zero-order valence-electron chi connectivity index (χ0n) is 27.5. The second-order valence-electron chi connectivity index (χ2n) is 13.1. The molecule has 11 atom stereocenters. The number of nitrogens with zero attached hydrogens (tertiary/aromatic N) is 1. The van der Waals surface area contributed by atoms with Crippen molar-refractivity contribution in [2.24, 2.45) is 40.5 Å². The number of ketones is 2. The van der Waals surface area contributed by atoms with Gasteiger partial charge in [-0.2, -0.15) is 0 Å². The number of amides is 1. The summed E-state index contributed by atoms with van der Waals surface area (Å²) in [5, 5.41) is 76.7. The Hall–Kier alpha value is -3.48. The van der Waals surface area contributed by atoms with Gasteiger partial charge >= 0.3 is 0 Å². The van der Waals surface area contributed by atoms with Crippen molar-refractivity contribution in [1.82, 2.24) is 0 Å². The van der Waals surface area contributed by atoms with E-state index in [1.165, 1.54) is 39.0 Å². The number of rotatable bonds is 0. The van der Waals surface area contributed by atoms with Crippen LogP contribution in [0.2, 0.25) is 0 Å². The lowest BCUT2D eigenvalue weighted by molar-refractivity contribution is -0.122. The molecule has 7 N–H and O–H groups in total. The van der Waals surface area contributed by atoms with Crippen molar-refractivity contribution in [3.05, 3.63) is 57.7 Å². The van der Waals surface area contributed by atoms with Crippen LogP contribution in [-0.4, -0.2) is 77.6 Å². The number of carbonyl (C=O) groups is 3. The van der Waals surface area contributed by atoms with Gasteiger partial charge in [0.2, 0.25) is 0 Å². The number of phenolic OH excluding ortho intramolecular Hbond substituents is 2. The molecule has 0 saturated carbocycles. The van der Waals surface area contributed by atoms with E-state index >= 15 is 0 Å². The topological polar surface area (TPSA) is 205 Å². The Kier molecular flexibility index (Phi) is 11.7. The molecule has 0 saturated heterocycles. The summed E-state index contributed by atoms with van der Waals surface area (Å²) in [5.41, 5.74) is -0.629. The highest BCUT2D eigenvalue weighted by Crippen LogP contribution is 2.35. The maximum absolute atomic E-state index is 13.8. The van der Waals surface area contributed by atoms with Crippen molar-refractivity contribution < 1.29 is 50.1 Å². The molecule has 1 aliphatic carbocycles. The van der Waals surface area contributed by atoms with E-state index in [0.717, 1.165) is 6.07 Å². The molecule has 4 rings (SSSR count). The SMILES string of the molecule is C/C1=C/C=C/[C@H](C)[C@H](O)[C@@H](C)[C@@H](O)[C@@H](C)[C@H](O)[C@H](C)[C@@H](O)[C@@H](C)/C=C(/C)C(=O)C2=c3c(O)cc(c(O)c3C(O)C(C)C2=O)=NC1=O. The number of hydrogen-bond acceptors (Lipinski definition) is 10. The highest BCUT2D eigenvalue weighted by atomic mass is 16.3. The quantitative estimate of drug-likeness (QED) is 0.202. The minimum atomic E-state index is -1.62. The number of Topliss-reactive ketones (excluding diaryl/α,β-unsaturated/α-hetero) is 2. The lowest BCUT2D eigenvalue weighted by atomic mass is 9.76. The molecule has 0 radical (unpaired) electrons. The molecule has 2 unspecified atom stereocenters. The smallest absolute Gasteiger partial charge is 0.273 e. The van der Waals surface area contributed by atoms with Gasteiger partial charge in [0.25, 0.3) is 5.91 Å². The monoisotopic (exact) mass is 641 g/mol. The lowest BCUT2D eigenvalue weighted by Gasteiger charge is -2.36. The zero-order chi connectivity index (χ0) is 34.9. The molecule has 252 valence electrons. The number of benzene rings is 1. The van der Waals surface area contributed by atoms with Crippen LogP contribution in [0.3, 0.4) is 0 Å². The Bertz CT molecular complexity index is 1590. The van der Waals surface area contributed by atoms with Gasteiger partial charge in [-0.15, -0.1) is 0 Å². The number of aliphatic hydroxyl groups is 5. The fraction of sp³-hybridized carbons (Fsp3) is 0.543. The predicted octanol–water partition coefficient (Wildman–Crippen LogP) is 1.30. The summed E-state index contributed by atoms with van der Waals surface area (Å²) >= 11 is 0. The lowest BCUT2D eigenvalue weighted by Crippen LogP contribution is -2.45. The van der Waals surface area contributed by atoms with Crippen LogP contribution in [0, 0.1) is 35.5 Å². The molecular weight excluding hydrogens is 594 g/mol. The molecule has 3 aliphatic rings. The van der Waals surface area contributed by atoms with Crippen LogP contribution in [0.1, 0.15) is 67.1 Å². The minimum absolute atomic E-state index is 0.0273. The van der Waals surface area contributed by atoms with Crippen LogP contribution < -0.4 is 10.6 Å². The normalized spacial score (nSPS) is 38.4. The number of phenols is 2. The molecule has 2 aliphatic heterocycles. The van der Waals surface area contributed by atoms with E-state index < -0.39 is 101 Å². The molecule has 0 fully saturated rings. The van der Waals surface area contributed by atoms with E-state index in [0.29, 0.717) is 0 Å².